The number of anilines is 1. The fourth-order valence-electron chi connectivity index (χ4n) is 2.10. The van der Waals surface area contributed by atoms with E-state index in [1.807, 2.05) is 5.38 Å². The predicted octanol–water partition coefficient (Wildman–Crippen LogP) is 2.23. The molecule has 2 atom stereocenters. The van der Waals surface area contributed by atoms with E-state index in [0.717, 1.165) is 30.3 Å². The first-order chi connectivity index (χ1) is 9.19. The first-order valence-corrected chi connectivity index (χ1v) is 7.55. The quantitative estimate of drug-likeness (QED) is 0.812. The first-order valence-electron chi connectivity index (χ1n) is 6.67. The molecule has 0 saturated carbocycles. The highest BCUT2D eigenvalue weighted by atomic mass is 32.1. The van der Waals surface area contributed by atoms with Gasteiger partial charge in [0.15, 0.2) is 5.13 Å². The van der Waals surface area contributed by atoms with Gasteiger partial charge in [0.25, 0.3) is 0 Å². The third-order valence-electron chi connectivity index (χ3n) is 3.06. The van der Waals surface area contributed by atoms with Crippen LogP contribution in [0.5, 0.6) is 0 Å². The molecule has 1 aliphatic heterocycles. The molecule has 0 amide bonds. The minimum Gasteiger partial charge on any atom is -0.466 e. The Labute approximate surface area is 117 Å². The fourth-order valence-corrected chi connectivity index (χ4v) is 2.91. The van der Waals surface area contributed by atoms with Gasteiger partial charge in [0, 0.05) is 12.0 Å². The number of nitrogens with one attached hydrogen (secondary N) is 1. The van der Waals surface area contributed by atoms with E-state index in [4.69, 9.17) is 9.47 Å². The second-order valence-electron chi connectivity index (χ2n) is 4.61. The molecule has 19 heavy (non-hydrogen) atoms. The SMILES string of the molecule is CCOC(=O)Cc1csc(NC(C)C2CCCO2)n1. The number of carbonyl (C=O) groups excluding carboxylic acids is 1. The lowest BCUT2D eigenvalue weighted by Crippen LogP contribution is -2.29. The van der Waals surface area contributed by atoms with Crippen LogP contribution < -0.4 is 5.32 Å². The summed E-state index contributed by atoms with van der Waals surface area (Å²) in [6, 6.07) is 0.240. The molecule has 2 unspecified atom stereocenters. The summed E-state index contributed by atoms with van der Waals surface area (Å²) in [5.41, 5.74) is 0.755. The Balaban J connectivity index is 1.84. The van der Waals surface area contributed by atoms with Crippen LogP contribution in [0.3, 0.4) is 0 Å². The number of rotatable bonds is 6. The van der Waals surface area contributed by atoms with E-state index >= 15 is 0 Å². The van der Waals surface area contributed by atoms with Crippen molar-refractivity contribution in [2.75, 3.05) is 18.5 Å². The van der Waals surface area contributed by atoms with Gasteiger partial charge in [-0.05, 0) is 26.7 Å². The lowest BCUT2D eigenvalue weighted by atomic mass is 10.1. The molecule has 1 saturated heterocycles. The summed E-state index contributed by atoms with van der Waals surface area (Å²) in [6.07, 6.45) is 2.72. The molecule has 0 spiro atoms. The molecule has 2 heterocycles. The second kappa shape index (κ2) is 6.86. The van der Waals surface area contributed by atoms with E-state index in [1.165, 1.54) is 11.3 Å². The number of aromatic nitrogens is 1. The fraction of sp³-hybridized carbons (Fsp3) is 0.692. The van der Waals surface area contributed by atoms with E-state index in [2.05, 4.69) is 17.2 Å². The normalized spacial score (nSPS) is 20.2. The highest BCUT2D eigenvalue weighted by molar-refractivity contribution is 7.13. The van der Waals surface area contributed by atoms with Crippen LogP contribution in [0.1, 0.15) is 32.4 Å². The van der Waals surface area contributed by atoms with Crippen molar-refractivity contribution in [3.8, 4) is 0 Å². The Morgan fingerprint density at radius 1 is 1.74 bits per heavy atom. The lowest BCUT2D eigenvalue weighted by molar-refractivity contribution is -0.142. The zero-order chi connectivity index (χ0) is 13.7. The van der Waals surface area contributed by atoms with Crippen molar-refractivity contribution in [2.24, 2.45) is 0 Å². The number of hydrogen-bond acceptors (Lipinski definition) is 6. The molecule has 0 bridgehead atoms. The highest BCUT2D eigenvalue weighted by Gasteiger charge is 2.22. The van der Waals surface area contributed by atoms with Crippen molar-refractivity contribution in [2.45, 2.75) is 45.3 Å². The summed E-state index contributed by atoms with van der Waals surface area (Å²) in [7, 11) is 0. The molecule has 106 valence electrons. The van der Waals surface area contributed by atoms with E-state index in [-0.39, 0.29) is 24.5 Å². The van der Waals surface area contributed by atoms with E-state index in [1.54, 1.807) is 6.92 Å². The Kier molecular flexibility index (Phi) is 5.15. The summed E-state index contributed by atoms with van der Waals surface area (Å²) < 4.78 is 10.5. The monoisotopic (exact) mass is 284 g/mol. The third kappa shape index (κ3) is 4.18. The molecular weight excluding hydrogens is 264 g/mol. The van der Waals surface area contributed by atoms with E-state index in [0.29, 0.717) is 6.61 Å². The summed E-state index contributed by atoms with van der Waals surface area (Å²) in [5, 5.41) is 6.07. The van der Waals surface area contributed by atoms with Crippen LogP contribution in [-0.4, -0.2) is 36.3 Å². The molecule has 2 rings (SSSR count). The third-order valence-corrected chi connectivity index (χ3v) is 3.88. The number of ether oxygens (including phenoxy) is 2. The number of esters is 1. The van der Waals surface area contributed by atoms with Gasteiger partial charge in [-0.1, -0.05) is 0 Å². The second-order valence-corrected chi connectivity index (χ2v) is 5.47. The summed E-state index contributed by atoms with van der Waals surface area (Å²) >= 11 is 1.51. The average molecular weight is 284 g/mol. The van der Waals surface area contributed by atoms with Gasteiger partial charge in [0.05, 0.1) is 30.9 Å². The average Bonchev–Trinajstić information content (AvgIpc) is 3.00. The molecule has 5 nitrogen and oxygen atoms in total. The Hall–Kier alpha value is -1.14. The number of carbonyl (C=O) groups is 1. The van der Waals surface area contributed by atoms with Crippen LogP contribution >= 0.6 is 11.3 Å². The molecule has 1 fully saturated rings. The zero-order valence-corrected chi connectivity index (χ0v) is 12.2. The topological polar surface area (TPSA) is 60.5 Å². The van der Waals surface area contributed by atoms with Crippen molar-refractivity contribution in [1.82, 2.24) is 4.98 Å². The van der Waals surface area contributed by atoms with Crippen LogP contribution in [0.25, 0.3) is 0 Å². The molecule has 0 radical (unpaired) electrons. The number of hydrogen-bond donors (Lipinski definition) is 1. The molecule has 1 aromatic heterocycles. The minimum absolute atomic E-state index is 0.230. The minimum atomic E-state index is -0.230. The van der Waals surface area contributed by atoms with Crippen molar-refractivity contribution in [1.29, 1.82) is 0 Å². The molecule has 6 heteroatoms. The van der Waals surface area contributed by atoms with Gasteiger partial charge in [-0.15, -0.1) is 11.3 Å². The highest BCUT2D eigenvalue weighted by Crippen LogP contribution is 2.21. The van der Waals surface area contributed by atoms with Crippen LogP contribution in [0, 0.1) is 0 Å². The van der Waals surface area contributed by atoms with Crippen molar-refractivity contribution in [3.63, 3.8) is 0 Å². The molecule has 0 aliphatic carbocycles. The maximum Gasteiger partial charge on any atom is 0.311 e. The zero-order valence-electron chi connectivity index (χ0n) is 11.3. The number of nitrogens with zero attached hydrogens (tertiary/aromatic N) is 1. The van der Waals surface area contributed by atoms with Crippen molar-refractivity contribution in [3.05, 3.63) is 11.1 Å². The number of thiazole rings is 1. The van der Waals surface area contributed by atoms with Gasteiger partial charge in [0.1, 0.15) is 0 Å². The molecule has 1 N–H and O–H groups in total. The standard InChI is InChI=1S/C13H20N2O3S/c1-3-17-12(16)7-10-8-19-13(15-10)14-9(2)11-5-4-6-18-11/h8-9,11H,3-7H2,1-2H3,(H,14,15). The summed E-state index contributed by atoms with van der Waals surface area (Å²) in [4.78, 5) is 15.7. The molecule has 0 aromatic carbocycles. The van der Waals surface area contributed by atoms with Gasteiger partial charge in [0.2, 0.25) is 0 Å². The maximum absolute atomic E-state index is 11.4. The molecular formula is C13H20N2O3S. The van der Waals surface area contributed by atoms with Crippen LogP contribution in [0.4, 0.5) is 5.13 Å². The van der Waals surface area contributed by atoms with Crippen LogP contribution in [0.15, 0.2) is 5.38 Å². The van der Waals surface area contributed by atoms with Crippen molar-refractivity contribution >= 4 is 22.4 Å². The van der Waals surface area contributed by atoms with Gasteiger partial charge >= 0.3 is 5.97 Å². The van der Waals surface area contributed by atoms with Crippen LogP contribution in [0.2, 0.25) is 0 Å². The van der Waals surface area contributed by atoms with Crippen molar-refractivity contribution < 1.29 is 14.3 Å². The predicted molar refractivity (Wildman–Crippen MR) is 74.5 cm³/mol. The Bertz CT molecular complexity index is 416. The largest absolute Gasteiger partial charge is 0.466 e. The van der Waals surface area contributed by atoms with Gasteiger partial charge in [-0.25, -0.2) is 4.98 Å². The molecule has 1 aliphatic rings. The first kappa shape index (κ1) is 14.3. The van der Waals surface area contributed by atoms with E-state index < -0.39 is 0 Å². The summed E-state index contributed by atoms with van der Waals surface area (Å²) in [6.45, 7) is 5.16. The maximum atomic E-state index is 11.4. The van der Waals surface area contributed by atoms with Crippen LogP contribution in [-0.2, 0) is 20.7 Å². The lowest BCUT2D eigenvalue weighted by Gasteiger charge is -2.19. The Morgan fingerprint density at radius 2 is 2.58 bits per heavy atom. The summed E-state index contributed by atoms with van der Waals surface area (Å²) in [5.74, 6) is -0.230. The van der Waals surface area contributed by atoms with Gasteiger partial charge in [-0.3, -0.25) is 4.79 Å². The van der Waals surface area contributed by atoms with Gasteiger partial charge < -0.3 is 14.8 Å². The molecule has 1 aromatic rings. The Morgan fingerprint density at radius 3 is 3.26 bits per heavy atom. The van der Waals surface area contributed by atoms with E-state index in [9.17, 15) is 4.79 Å². The smallest absolute Gasteiger partial charge is 0.311 e. The van der Waals surface area contributed by atoms with Gasteiger partial charge in [-0.2, -0.15) is 0 Å².